The third-order valence-electron chi connectivity index (χ3n) is 3.12. The monoisotopic (exact) mass is 264 g/mol. The average molecular weight is 264 g/mol. The second-order valence-electron chi connectivity index (χ2n) is 4.17. The normalized spacial score (nSPS) is 15.6. The van der Waals surface area contributed by atoms with Crippen molar-refractivity contribution in [3.63, 3.8) is 0 Å². The Morgan fingerprint density at radius 2 is 1.67 bits per heavy atom. The number of halogens is 4. The topological polar surface area (TPSA) is 36.4 Å². The van der Waals surface area contributed by atoms with Gasteiger partial charge in [-0.3, -0.25) is 0 Å². The lowest BCUT2D eigenvalue weighted by Gasteiger charge is -2.39. The number of aliphatic hydroxyl groups excluding tert-OH is 1. The zero-order chi connectivity index (χ0) is 13.3. The maximum atomic E-state index is 13.6. The molecule has 2 rings (SSSR count). The summed E-state index contributed by atoms with van der Waals surface area (Å²) in [6, 6.07) is -0.206. The molecule has 1 heterocycles. The number of nitrogens with zero attached hydrogens (tertiary/aromatic N) is 2. The van der Waals surface area contributed by atoms with Gasteiger partial charge < -0.3 is 10.0 Å². The third-order valence-corrected chi connectivity index (χ3v) is 3.12. The summed E-state index contributed by atoms with van der Waals surface area (Å²) in [5.74, 6) is -6.39. The zero-order valence-electron chi connectivity index (χ0n) is 9.47. The highest BCUT2D eigenvalue weighted by atomic mass is 19.2. The van der Waals surface area contributed by atoms with E-state index in [1.165, 1.54) is 4.90 Å². The number of anilines is 1. The molecule has 0 amide bonds. The van der Waals surface area contributed by atoms with E-state index >= 15 is 0 Å². The van der Waals surface area contributed by atoms with Crippen molar-refractivity contribution < 1.29 is 22.7 Å². The SMILES string of the molecule is OCCN(c1c(F)c(F)nc(F)c1F)C1CCC1. The van der Waals surface area contributed by atoms with Crippen molar-refractivity contribution in [1.82, 2.24) is 4.98 Å². The summed E-state index contributed by atoms with van der Waals surface area (Å²) in [7, 11) is 0. The maximum absolute atomic E-state index is 13.6. The number of aromatic nitrogens is 1. The molecular formula is C11H12F4N2O. The molecular weight excluding hydrogens is 252 g/mol. The molecule has 7 heteroatoms. The first-order valence-corrected chi connectivity index (χ1v) is 5.63. The van der Waals surface area contributed by atoms with Crippen LogP contribution >= 0.6 is 0 Å². The predicted octanol–water partition coefficient (Wildman–Crippen LogP) is 1.99. The summed E-state index contributed by atoms with van der Waals surface area (Å²) in [5.41, 5.74) is -0.779. The smallest absolute Gasteiger partial charge is 0.253 e. The number of aliphatic hydroxyl groups is 1. The first-order chi connectivity index (χ1) is 8.56. The van der Waals surface area contributed by atoms with Crippen LogP contribution in [0.15, 0.2) is 0 Å². The molecule has 1 aliphatic rings. The van der Waals surface area contributed by atoms with Crippen molar-refractivity contribution >= 4 is 5.69 Å². The van der Waals surface area contributed by atoms with E-state index in [9.17, 15) is 17.6 Å². The Kier molecular flexibility index (Phi) is 3.70. The lowest BCUT2D eigenvalue weighted by Crippen LogP contribution is -2.43. The van der Waals surface area contributed by atoms with Gasteiger partial charge in [0.2, 0.25) is 11.6 Å². The lowest BCUT2D eigenvalue weighted by molar-refractivity contribution is 0.279. The van der Waals surface area contributed by atoms with Gasteiger partial charge in [-0.25, -0.2) is 0 Å². The molecule has 1 aliphatic carbocycles. The standard InChI is InChI=1S/C11H12F4N2O/c12-7-9(8(13)11(15)16-10(7)14)17(4-5-18)6-2-1-3-6/h6,18H,1-5H2. The van der Waals surface area contributed by atoms with E-state index in [2.05, 4.69) is 4.98 Å². The van der Waals surface area contributed by atoms with E-state index in [0.717, 1.165) is 6.42 Å². The maximum Gasteiger partial charge on any atom is 0.253 e. The molecule has 0 bridgehead atoms. The zero-order valence-corrected chi connectivity index (χ0v) is 9.47. The number of hydrogen-bond acceptors (Lipinski definition) is 3. The molecule has 1 N–H and O–H groups in total. The van der Waals surface area contributed by atoms with Crippen LogP contribution in [0.4, 0.5) is 23.2 Å². The second kappa shape index (κ2) is 5.09. The molecule has 1 saturated carbocycles. The highest BCUT2D eigenvalue weighted by molar-refractivity contribution is 5.50. The fourth-order valence-electron chi connectivity index (χ4n) is 2.01. The summed E-state index contributed by atoms with van der Waals surface area (Å²) < 4.78 is 53.2. The summed E-state index contributed by atoms with van der Waals surface area (Å²) in [4.78, 5) is 3.68. The number of rotatable bonds is 4. The van der Waals surface area contributed by atoms with E-state index in [1.807, 2.05) is 0 Å². The molecule has 0 spiro atoms. The van der Waals surface area contributed by atoms with Crippen LogP contribution in [0.2, 0.25) is 0 Å². The Labute approximate surface area is 101 Å². The van der Waals surface area contributed by atoms with Crippen molar-refractivity contribution in [2.45, 2.75) is 25.3 Å². The van der Waals surface area contributed by atoms with Crippen LogP contribution < -0.4 is 4.90 Å². The van der Waals surface area contributed by atoms with Gasteiger partial charge in [-0.1, -0.05) is 0 Å². The summed E-state index contributed by atoms with van der Waals surface area (Å²) >= 11 is 0. The Morgan fingerprint density at radius 1 is 1.11 bits per heavy atom. The van der Waals surface area contributed by atoms with E-state index in [1.54, 1.807) is 0 Å². The van der Waals surface area contributed by atoms with E-state index in [4.69, 9.17) is 5.11 Å². The molecule has 3 nitrogen and oxygen atoms in total. The minimum absolute atomic E-state index is 0.0819. The van der Waals surface area contributed by atoms with Crippen LogP contribution in [0.25, 0.3) is 0 Å². The fourth-order valence-corrected chi connectivity index (χ4v) is 2.01. The van der Waals surface area contributed by atoms with Gasteiger partial charge in [0.15, 0.2) is 0 Å². The molecule has 0 atom stereocenters. The van der Waals surface area contributed by atoms with Gasteiger partial charge >= 0.3 is 0 Å². The van der Waals surface area contributed by atoms with Crippen molar-refractivity contribution in [3.05, 3.63) is 23.5 Å². The Balaban J connectivity index is 2.45. The van der Waals surface area contributed by atoms with Gasteiger partial charge in [-0.05, 0) is 19.3 Å². The molecule has 0 aliphatic heterocycles. The first kappa shape index (κ1) is 13.1. The molecule has 0 saturated heterocycles. The molecule has 1 aromatic rings. The van der Waals surface area contributed by atoms with Crippen molar-refractivity contribution in [2.24, 2.45) is 0 Å². The highest BCUT2D eigenvalue weighted by Crippen LogP contribution is 2.33. The lowest BCUT2D eigenvalue weighted by atomic mass is 9.91. The van der Waals surface area contributed by atoms with E-state index in [-0.39, 0.29) is 19.2 Å². The molecule has 1 aromatic heterocycles. The quantitative estimate of drug-likeness (QED) is 0.667. The van der Waals surface area contributed by atoms with Crippen LogP contribution in [-0.4, -0.2) is 29.3 Å². The van der Waals surface area contributed by atoms with Gasteiger partial charge in [0, 0.05) is 12.6 Å². The molecule has 0 unspecified atom stereocenters. The van der Waals surface area contributed by atoms with Gasteiger partial charge in [-0.15, -0.1) is 0 Å². The minimum Gasteiger partial charge on any atom is -0.395 e. The number of pyridine rings is 1. The van der Waals surface area contributed by atoms with Gasteiger partial charge in [0.1, 0.15) is 5.69 Å². The average Bonchev–Trinajstić information content (AvgIpc) is 2.25. The van der Waals surface area contributed by atoms with Crippen molar-refractivity contribution in [3.8, 4) is 0 Å². The van der Waals surface area contributed by atoms with Crippen LogP contribution in [-0.2, 0) is 0 Å². The first-order valence-electron chi connectivity index (χ1n) is 5.63. The summed E-state index contributed by atoms with van der Waals surface area (Å²) in [6.07, 6.45) is 2.22. The fraction of sp³-hybridized carbons (Fsp3) is 0.545. The van der Waals surface area contributed by atoms with E-state index < -0.39 is 29.2 Å². The Bertz CT molecular complexity index is 425. The molecule has 0 aromatic carbocycles. The second-order valence-corrected chi connectivity index (χ2v) is 4.17. The number of hydrogen-bond donors (Lipinski definition) is 1. The van der Waals surface area contributed by atoms with Crippen molar-refractivity contribution in [1.29, 1.82) is 0 Å². The largest absolute Gasteiger partial charge is 0.395 e. The van der Waals surface area contributed by atoms with E-state index in [0.29, 0.717) is 12.8 Å². The molecule has 1 fully saturated rings. The third kappa shape index (κ3) is 2.14. The van der Waals surface area contributed by atoms with Gasteiger partial charge in [-0.2, -0.15) is 22.5 Å². The summed E-state index contributed by atoms with van der Waals surface area (Å²) in [6.45, 7) is -0.442. The van der Waals surface area contributed by atoms with Crippen LogP contribution in [0.1, 0.15) is 19.3 Å². The minimum atomic E-state index is -1.67. The molecule has 0 radical (unpaired) electrons. The van der Waals surface area contributed by atoms with Gasteiger partial charge in [0.25, 0.3) is 11.9 Å². The van der Waals surface area contributed by atoms with Crippen LogP contribution in [0.5, 0.6) is 0 Å². The van der Waals surface area contributed by atoms with Crippen LogP contribution in [0, 0.1) is 23.5 Å². The van der Waals surface area contributed by atoms with Gasteiger partial charge in [0.05, 0.1) is 6.61 Å². The highest BCUT2D eigenvalue weighted by Gasteiger charge is 2.32. The summed E-state index contributed by atoms with van der Waals surface area (Å²) in [5, 5.41) is 8.90. The molecule has 100 valence electrons. The predicted molar refractivity (Wildman–Crippen MR) is 56.1 cm³/mol. The Morgan fingerprint density at radius 3 is 2.06 bits per heavy atom. The molecule has 18 heavy (non-hydrogen) atoms. The Hall–Kier alpha value is -1.37. The van der Waals surface area contributed by atoms with Crippen molar-refractivity contribution in [2.75, 3.05) is 18.1 Å². The van der Waals surface area contributed by atoms with Crippen LogP contribution in [0.3, 0.4) is 0 Å².